The van der Waals surface area contributed by atoms with Crippen LogP contribution >= 0.6 is 23.2 Å². The minimum atomic E-state index is -1.25. The number of rotatable bonds is 26. The summed E-state index contributed by atoms with van der Waals surface area (Å²) in [5.41, 5.74) is -0.196. The summed E-state index contributed by atoms with van der Waals surface area (Å²) in [5.74, 6) is -3.63. The zero-order valence-electron chi connectivity index (χ0n) is 48.0. The molecule has 456 valence electrons. The van der Waals surface area contributed by atoms with Crippen molar-refractivity contribution in [3.8, 4) is 46.0 Å². The summed E-state index contributed by atoms with van der Waals surface area (Å²) in [6.07, 6.45) is 6.23. The molecule has 2 aliphatic rings. The second kappa shape index (κ2) is 30.1. The molecule has 4 amide bonds. The molecule has 0 bridgehead atoms. The molecule has 6 aromatic carbocycles. The molecule has 2 aliphatic carbocycles. The van der Waals surface area contributed by atoms with E-state index in [2.05, 4.69) is 31.2 Å². The molecule has 10 rings (SSSR count). The van der Waals surface area contributed by atoms with Crippen molar-refractivity contribution in [1.29, 1.82) is 0 Å². The molecule has 0 radical (unpaired) electrons. The van der Waals surface area contributed by atoms with Crippen LogP contribution in [-0.2, 0) is 28.8 Å². The van der Waals surface area contributed by atoms with Crippen LogP contribution in [0.1, 0.15) is 64.2 Å². The summed E-state index contributed by atoms with van der Waals surface area (Å²) in [6, 6.07) is 31.0. The van der Waals surface area contributed by atoms with E-state index in [9.17, 15) is 39.0 Å². The summed E-state index contributed by atoms with van der Waals surface area (Å²) < 4.78 is 64.6. The number of hydrogen-bond acceptors (Lipinski definition) is 16. The van der Waals surface area contributed by atoms with Crippen LogP contribution in [0.3, 0.4) is 0 Å². The first-order valence-electron chi connectivity index (χ1n) is 27.7. The van der Waals surface area contributed by atoms with Crippen molar-refractivity contribution in [2.24, 2.45) is 10.8 Å². The Morgan fingerprint density at radius 1 is 0.472 bits per heavy atom. The van der Waals surface area contributed by atoms with Crippen LogP contribution in [-0.4, -0.2) is 111 Å². The van der Waals surface area contributed by atoms with E-state index in [4.69, 9.17) is 51.6 Å². The number of carbonyl (C=O) groups is 6. The van der Waals surface area contributed by atoms with Crippen LogP contribution in [0.2, 0.25) is 10.0 Å². The molecule has 4 N–H and O–H groups in total. The van der Waals surface area contributed by atoms with Gasteiger partial charge in [-0.25, -0.2) is 8.78 Å². The third-order valence-electron chi connectivity index (χ3n) is 14.3. The van der Waals surface area contributed by atoms with Gasteiger partial charge in [0.05, 0.1) is 38.5 Å². The molecule has 0 saturated heterocycles. The van der Waals surface area contributed by atoms with Crippen LogP contribution in [0.15, 0.2) is 134 Å². The van der Waals surface area contributed by atoms with Gasteiger partial charge in [0.15, 0.2) is 46.1 Å². The minimum absolute atomic E-state index is 0. The number of aromatic nitrogens is 2. The van der Waals surface area contributed by atoms with Crippen LogP contribution in [0, 0.1) is 22.5 Å². The molecule has 2 heterocycles. The number of pyridine rings is 2. The zero-order chi connectivity index (χ0) is 62.5. The number of carboxylic acids is 2. The molecule has 0 spiro atoms. The summed E-state index contributed by atoms with van der Waals surface area (Å²) in [4.78, 5) is 81.7. The van der Waals surface area contributed by atoms with Crippen molar-refractivity contribution in [3.05, 3.63) is 155 Å². The molecule has 0 aliphatic heterocycles. The predicted molar refractivity (Wildman–Crippen MR) is 325 cm³/mol. The fourth-order valence-corrected chi connectivity index (χ4v) is 9.53. The van der Waals surface area contributed by atoms with Gasteiger partial charge in [0.2, 0.25) is 23.6 Å². The van der Waals surface area contributed by atoms with Gasteiger partial charge in [-0.1, -0.05) is 35.3 Å². The summed E-state index contributed by atoms with van der Waals surface area (Å²) in [6.45, 7) is 0.542. The fraction of sp³-hybridized carbons (Fsp3) is 0.250. The first-order chi connectivity index (χ1) is 42.4. The Morgan fingerprint density at radius 2 is 0.843 bits per heavy atom. The van der Waals surface area contributed by atoms with Gasteiger partial charge in [-0.3, -0.25) is 29.1 Å². The van der Waals surface area contributed by atoms with Gasteiger partial charge < -0.3 is 69.5 Å². The number of halogens is 4. The first kappa shape index (κ1) is 66.4. The van der Waals surface area contributed by atoms with E-state index in [1.54, 1.807) is 84.9 Å². The first-order valence-corrected chi connectivity index (χ1v) is 28.4. The molecular formula is C64H56CaCl2F2N6O14. The van der Waals surface area contributed by atoms with Crippen LogP contribution in [0.4, 0.5) is 31.5 Å². The van der Waals surface area contributed by atoms with E-state index in [0.717, 1.165) is 12.1 Å². The number of anilines is 4. The van der Waals surface area contributed by atoms with Gasteiger partial charge in [0.25, 0.3) is 0 Å². The van der Waals surface area contributed by atoms with E-state index in [1.165, 1.54) is 50.9 Å². The van der Waals surface area contributed by atoms with Crippen molar-refractivity contribution in [2.75, 3.05) is 48.7 Å². The van der Waals surface area contributed by atoms with Crippen molar-refractivity contribution >= 4 is 141 Å². The number of aliphatic carboxylic acids is 2. The van der Waals surface area contributed by atoms with Crippen molar-refractivity contribution in [2.45, 2.75) is 64.2 Å². The standard InChI is InChI=1S/2C32H29ClFN3O7.Ca/c2*1-42-27-17-22-24(18-28(27)43-14-3-2-7-29(38)39)35-13-10-25(22)44-26-9-8-21(16-23(26)34)37-31(41)32(11-12-32)30(40)36-20-6-4-5-19(33)15-20;/h2*4-6,8-10,13,15-18H,2-3,7,11-12,14H2,1H3,(H,36,40)(H,37,41)(H,38,39);/q;;+2/p-2. The number of carboxylic acid groups (broad SMARTS) is 2. The Hall–Kier alpha value is -8.54. The van der Waals surface area contributed by atoms with Gasteiger partial charge >= 0.3 is 37.7 Å². The molecular weight excluding hydrogens is 1230 g/mol. The van der Waals surface area contributed by atoms with E-state index < -0.39 is 58.0 Å². The third kappa shape index (κ3) is 17.0. The van der Waals surface area contributed by atoms with Gasteiger partial charge in [-0.2, -0.15) is 0 Å². The fourth-order valence-electron chi connectivity index (χ4n) is 9.15. The van der Waals surface area contributed by atoms with E-state index in [0.29, 0.717) is 129 Å². The average molecular weight is 1280 g/mol. The van der Waals surface area contributed by atoms with E-state index in [-0.39, 0.29) is 86.7 Å². The number of fused-ring (bicyclic) bond motifs is 2. The number of unbranched alkanes of at least 4 members (excludes halogenated alkanes) is 2. The van der Waals surface area contributed by atoms with Gasteiger partial charge in [0, 0.05) is 92.2 Å². The minimum Gasteiger partial charge on any atom is -0.550 e. The summed E-state index contributed by atoms with van der Waals surface area (Å²) in [5, 5.41) is 33.9. The van der Waals surface area contributed by atoms with Crippen LogP contribution < -0.4 is 59.9 Å². The summed E-state index contributed by atoms with van der Waals surface area (Å²) in [7, 11) is 2.95. The topological polar surface area (TPSA) is 278 Å². The Kier molecular flexibility index (Phi) is 22.5. The number of amides is 4. The Bertz CT molecular complexity index is 3720. The van der Waals surface area contributed by atoms with Crippen LogP contribution in [0.5, 0.6) is 46.0 Å². The van der Waals surface area contributed by atoms with Gasteiger partial charge in [-0.05, 0) is 149 Å². The molecule has 8 aromatic rings. The Labute approximate surface area is 548 Å². The Balaban J connectivity index is 0.000000228. The number of ether oxygens (including phenoxy) is 6. The largest absolute Gasteiger partial charge is 2.00 e. The molecule has 2 saturated carbocycles. The van der Waals surface area contributed by atoms with E-state index >= 15 is 8.78 Å². The molecule has 0 atom stereocenters. The molecule has 20 nitrogen and oxygen atoms in total. The zero-order valence-corrected chi connectivity index (χ0v) is 51.7. The monoisotopic (exact) mass is 1280 g/mol. The molecule has 2 aromatic heterocycles. The number of nitrogens with one attached hydrogen (secondary N) is 4. The number of nitrogens with zero attached hydrogens (tertiary/aromatic N) is 2. The molecule has 2 fully saturated rings. The summed E-state index contributed by atoms with van der Waals surface area (Å²) >= 11 is 12.0. The molecule has 25 heteroatoms. The second-order valence-electron chi connectivity index (χ2n) is 20.5. The van der Waals surface area contributed by atoms with Crippen LogP contribution in [0.25, 0.3) is 21.8 Å². The maximum atomic E-state index is 15.2. The van der Waals surface area contributed by atoms with Gasteiger partial charge in [0.1, 0.15) is 22.3 Å². The number of benzene rings is 6. The van der Waals surface area contributed by atoms with Crippen molar-refractivity contribution in [1.82, 2.24) is 9.97 Å². The SMILES string of the molecule is COc1cc2c(Oc3ccc(NC(=O)C4(C(=O)Nc5cccc(Cl)c5)CC4)cc3F)ccnc2cc1OCCCCC(=O)[O-].COc1cc2c(Oc3ccc(NC(=O)C4(C(=O)Nc5cccc(Cl)c5)CC4)cc3F)ccnc2cc1OCCCCC(=O)[O-].[Ca+2]. The molecule has 0 unspecified atom stereocenters. The number of hydrogen-bond donors (Lipinski definition) is 4. The van der Waals surface area contributed by atoms with Crippen molar-refractivity contribution < 1.29 is 76.2 Å². The van der Waals surface area contributed by atoms with E-state index in [1.807, 2.05) is 0 Å². The third-order valence-corrected chi connectivity index (χ3v) is 14.7. The Morgan fingerprint density at radius 3 is 1.17 bits per heavy atom. The normalized spacial score (nSPS) is 13.0. The second-order valence-corrected chi connectivity index (χ2v) is 21.4. The number of methoxy groups -OCH3 is 2. The maximum Gasteiger partial charge on any atom is 2.00 e. The number of carbonyl (C=O) groups excluding carboxylic acids is 6. The quantitative estimate of drug-likeness (QED) is 0.0223. The van der Waals surface area contributed by atoms with Crippen molar-refractivity contribution in [3.63, 3.8) is 0 Å². The van der Waals surface area contributed by atoms with Gasteiger partial charge in [-0.15, -0.1) is 0 Å². The smallest absolute Gasteiger partial charge is 0.550 e. The molecule has 89 heavy (non-hydrogen) atoms. The average Bonchev–Trinajstić information content (AvgIpc) is 1.76. The maximum absolute atomic E-state index is 15.2. The predicted octanol–water partition coefficient (Wildman–Crippen LogP) is 10.6.